The molecule has 0 aliphatic heterocycles. The third-order valence-electron chi connectivity index (χ3n) is 4.31. The van der Waals surface area contributed by atoms with Gasteiger partial charge in [-0.05, 0) is 24.7 Å². The van der Waals surface area contributed by atoms with Gasteiger partial charge in [0.15, 0.2) is 0 Å². The van der Waals surface area contributed by atoms with Gasteiger partial charge in [0.05, 0.1) is 0 Å². The average Bonchev–Trinajstić information content (AvgIpc) is 2.43. The summed E-state index contributed by atoms with van der Waals surface area (Å²) in [5, 5.41) is 0. The first-order valence-corrected chi connectivity index (χ1v) is 9.54. The molecule has 0 saturated heterocycles. The summed E-state index contributed by atoms with van der Waals surface area (Å²) < 4.78 is 16.5. The Morgan fingerprint density at radius 2 is 1.60 bits per heavy atom. The summed E-state index contributed by atoms with van der Waals surface area (Å²) in [5.74, 6) is 1.03. The van der Waals surface area contributed by atoms with Gasteiger partial charge >= 0.3 is 8.25 Å². The van der Waals surface area contributed by atoms with E-state index in [1.54, 1.807) is 0 Å². The molecule has 0 aromatic rings. The van der Waals surface area contributed by atoms with E-state index in [1.165, 1.54) is 32.1 Å². The van der Waals surface area contributed by atoms with Crippen LogP contribution in [0.5, 0.6) is 0 Å². The highest BCUT2D eigenvalue weighted by Gasteiger charge is 2.31. The highest BCUT2D eigenvalue weighted by molar-refractivity contribution is 7.32. The summed E-state index contributed by atoms with van der Waals surface area (Å²) in [4.78, 5) is 9.14. The van der Waals surface area contributed by atoms with Crippen LogP contribution in [0.2, 0.25) is 0 Å². The van der Waals surface area contributed by atoms with Crippen LogP contribution >= 0.6 is 8.25 Å². The predicted octanol–water partition coefficient (Wildman–Crippen LogP) is 5.84. The lowest BCUT2D eigenvalue weighted by Gasteiger charge is -2.25. The molecule has 4 atom stereocenters. The fraction of sp³-hybridized carbons (Fsp3) is 1.00. The van der Waals surface area contributed by atoms with Gasteiger partial charge in [0.2, 0.25) is 0 Å². The summed E-state index contributed by atoms with van der Waals surface area (Å²) in [5.41, 5.74) is 0. The van der Waals surface area contributed by atoms with Gasteiger partial charge in [-0.2, -0.15) is 0 Å². The van der Waals surface area contributed by atoms with Crippen molar-refractivity contribution in [3.05, 3.63) is 0 Å². The molecule has 0 fully saturated rings. The minimum absolute atomic E-state index is 0.0537. The summed E-state index contributed by atoms with van der Waals surface area (Å²) >= 11 is 0. The Balaban J connectivity index is 4.60. The van der Waals surface area contributed by atoms with E-state index >= 15 is 0 Å². The van der Waals surface area contributed by atoms with E-state index in [2.05, 4.69) is 27.7 Å². The van der Waals surface area contributed by atoms with E-state index in [0.717, 1.165) is 25.7 Å². The highest BCUT2D eigenvalue weighted by Crippen LogP contribution is 2.33. The topological polar surface area (TPSA) is 46.5 Å². The highest BCUT2D eigenvalue weighted by atomic mass is 31.1. The molecule has 0 aliphatic carbocycles. The summed E-state index contributed by atoms with van der Waals surface area (Å²) in [7, 11) is -2.49. The lowest BCUT2D eigenvalue weighted by atomic mass is 9.85. The van der Waals surface area contributed by atoms with Gasteiger partial charge in [0.25, 0.3) is 0 Å². The Labute approximate surface area is 126 Å². The molecular formula is C16H34O3P+. The van der Waals surface area contributed by atoms with E-state index in [9.17, 15) is 4.57 Å². The van der Waals surface area contributed by atoms with Crippen LogP contribution in [0.15, 0.2) is 0 Å². The average molecular weight is 305 g/mol. The molecule has 0 aromatic heterocycles. The van der Waals surface area contributed by atoms with Crippen molar-refractivity contribution in [2.45, 2.75) is 91.6 Å². The molecule has 0 aliphatic rings. The summed E-state index contributed by atoms with van der Waals surface area (Å²) in [6.45, 7) is 8.77. The minimum Gasteiger partial charge on any atom is -0.133 e. The van der Waals surface area contributed by atoms with Crippen molar-refractivity contribution in [1.82, 2.24) is 0 Å². The van der Waals surface area contributed by atoms with Gasteiger partial charge in [0.1, 0.15) is 6.10 Å². The summed E-state index contributed by atoms with van der Waals surface area (Å²) in [6.07, 6.45) is 10.1. The number of hydrogen-bond donors (Lipinski definition) is 1. The van der Waals surface area contributed by atoms with Crippen molar-refractivity contribution in [1.29, 1.82) is 0 Å². The van der Waals surface area contributed by atoms with Gasteiger partial charge in [-0.3, -0.25) is 0 Å². The number of rotatable bonds is 13. The number of unbranched alkanes of at least 4 members (excludes halogenated alkanes) is 2. The fourth-order valence-electron chi connectivity index (χ4n) is 2.87. The van der Waals surface area contributed by atoms with E-state index < -0.39 is 8.25 Å². The zero-order chi connectivity index (χ0) is 15.4. The van der Waals surface area contributed by atoms with Crippen molar-refractivity contribution in [2.24, 2.45) is 11.8 Å². The SMILES string of the molecule is CCCCC(CC)CC(O[P+](=O)O)C(CC)CCCC. The normalized spacial score (nSPS) is 16.8. The second-order valence-electron chi connectivity index (χ2n) is 5.84. The van der Waals surface area contributed by atoms with Crippen LogP contribution in [0.3, 0.4) is 0 Å². The van der Waals surface area contributed by atoms with E-state index in [0.29, 0.717) is 11.8 Å². The van der Waals surface area contributed by atoms with Crippen molar-refractivity contribution in [2.75, 3.05) is 0 Å². The Hall–Kier alpha value is 0.0200. The van der Waals surface area contributed by atoms with Crippen LogP contribution in [0.1, 0.15) is 85.5 Å². The van der Waals surface area contributed by atoms with Crippen LogP contribution in [-0.4, -0.2) is 11.0 Å². The second-order valence-corrected chi connectivity index (χ2v) is 6.53. The molecule has 0 rings (SSSR count). The maximum absolute atomic E-state index is 11.1. The molecule has 0 saturated carbocycles. The van der Waals surface area contributed by atoms with Crippen LogP contribution in [0.25, 0.3) is 0 Å². The van der Waals surface area contributed by atoms with E-state index in [1.807, 2.05) is 0 Å². The van der Waals surface area contributed by atoms with Gasteiger partial charge in [-0.25, -0.2) is 0 Å². The Morgan fingerprint density at radius 3 is 2.05 bits per heavy atom. The molecular weight excluding hydrogens is 271 g/mol. The Morgan fingerprint density at radius 1 is 1.00 bits per heavy atom. The fourth-order valence-corrected chi connectivity index (χ4v) is 3.36. The quantitative estimate of drug-likeness (QED) is 0.434. The minimum atomic E-state index is -2.49. The smallest absolute Gasteiger partial charge is 0.133 e. The lowest BCUT2D eigenvalue weighted by Crippen LogP contribution is -2.25. The van der Waals surface area contributed by atoms with Crippen LogP contribution < -0.4 is 0 Å². The maximum Gasteiger partial charge on any atom is 0.695 e. The molecule has 0 spiro atoms. The lowest BCUT2D eigenvalue weighted by molar-refractivity contribution is 0.0893. The molecule has 0 aromatic carbocycles. The van der Waals surface area contributed by atoms with Crippen molar-refractivity contribution < 1.29 is 14.0 Å². The molecule has 0 heterocycles. The van der Waals surface area contributed by atoms with Gasteiger partial charge in [-0.15, -0.1) is 9.42 Å². The van der Waals surface area contributed by atoms with E-state index in [4.69, 9.17) is 9.42 Å². The van der Waals surface area contributed by atoms with Gasteiger partial charge < -0.3 is 0 Å². The van der Waals surface area contributed by atoms with Crippen molar-refractivity contribution in [3.8, 4) is 0 Å². The first-order chi connectivity index (χ1) is 9.58. The van der Waals surface area contributed by atoms with Crippen LogP contribution in [-0.2, 0) is 9.09 Å². The number of hydrogen-bond acceptors (Lipinski definition) is 2. The first kappa shape index (κ1) is 20.0. The molecule has 0 bridgehead atoms. The van der Waals surface area contributed by atoms with Crippen LogP contribution in [0, 0.1) is 11.8 Å². The molecule has 1 N–H and O–H groups in total. The van der Waals surface area contributed by atoms with E-state index in [-0.39, 0.29) is 6.10 Å². The molecule has 0 radical (unpaired) electrons. The van der Waals surface area contributed by atoms with Crippen LogP contribution in [0.4, 0.5) is 0 Å². The van der Waals surface area contributed by atoms with Crippen molar-refractivity contribution in [3.63, 3.8) is 0 Å². The molecule has 120 valence electrons. The first-order valence-electron chi connectivity index (χ1n) is 8.41. The van der Waals surface area contributed by atoms with Crippen molar-refractivity contribution >= 4 is 8.25 Å². The third-order valence-corrected chi connectivity index (χ3v) is 4.76. The molecule has 20 heavy (non-hydrogen) atoms. The maximum atomic E-state index is 11.1. The Kier molecular flexibility index (Phi) is 12.8. The second kappa shape index (κ2) is 12.7. The molecule has 0 amide bonds. The molecule has 4 unspecified atom stereocenters. The van der Waals surface area contributed by atoms with Gasteiger partial charge in [-0.1, -0.05) is 72.6 Å². The summed E-state index contributed by atoms with van der Waals surface area (Å²) in [6, 6.07) is 0. The predicted molar refractivity (Wildman–Crippen MR) is 85.9 cm³/mol. The third kappa shape index (κ3) is 9.05. The molecule has 4 heteroatoms. The van der Waals surface area contributed by atoms with Gasteiger partial charge in [0, 0.05) is 4.57 Å². The monoisotopic (exact) mass is 305 g/mol. The zero-order valence-corrected chi connectivity index (χ0v) is 14.7. The standard InChI is InChI=1S/C16H33O3P/c1-5-9-11-14(7-3)13-16(19-20(17)18)15(8-4)12-10-6-2/h14-16H,5-13H2,1-4H3/p+1. The Bertz CT molecular complexity index is 246. The molecule has 3 nitrogen and oxygen atoms in total. The zero-order valence-electron chi connectivity index (χ0n) is 13.8. The largest absolute Gasteiger partial charge is 0.695 e.